The molecule has 0 bridgehead atoms. The van der Waals surface area contributed by atoms with Crippen LogP contribution in [0.2, 0.25) is 0 Å². The van der Waals surface area contributed by atoms with E-state index in [0.29, 0.717) is 0 Å². The van der Waals surface area contributed by atoms with E-state index in [1.54, 1.807) is 0 Å². The first-order valence-electron chi connectivity index (χ1n) is 16.5. The molecule has 0 aliphatic carbocycles. The highest BCUT2D eigenvalue weighted by atomic mass is 32.1. The maximum atomic E-state index is 5.13. The maximum Gasteiger partial charge on any atom is 0.160 e. The quantitative estimate of drug-likeness (QED) is 0.180. The normalized spacial score (nSPS) is 11.3. The third-order valence-corrected chi connectivity index (χ3v) is 10.3. The summed E-state index contributed by atoms with van der Waals surface area (Å²) in [6.07, 6.45) is 0. The Morgan fingerprint density at radius 2 is 0.816 bits per heavy atom. The zero-order valence-corrected chi connectivity index (χ0v) is 27.4. The fourth-order valence-electron chi connectivity index (χ4n) is 6.58. The molecule has 0 saturated heterocycles. The van der Waals surface area contributed by atoms with E-state index in [-0.39, 0.29) is 0 Å². The molecule has 0 saturated carbocycles. The summed E-state index contributed by atoms with van der Waals surface area (Å²) in [5, 5.41) is 2.51. The minimum atomic E-state index is 0.730. The lowest BCUT2D eigenvalue weighted by molar-refractivity contribution is 1.19. The van der Waals surface area contributed by atoms with Crippen LogP contribution in [0.1, 0.15) is 0 Å². The van der Waals surface area contributed by atoms with Crippen molar-refractivity contribution in [2.24, 2.45) is 0 Å². The molecule has 0 spiro atoms. The van der Waals surface area contributed by atoms with Crippen molar-refractivity contribution < 1.29 is 0 Å². The monoisotopic (exact) mass is 642 g/mol. The average molecular weight is 643 g/mol. The van der Waals surface area contributed by atoms with Gasteiger partial charge in [0.2, 0.25) is 0 Å². The van der Waals surface area contributed by atoms with Crippen LogP contribution in [0, 0.1) is 0 Å². The first-order chi connectivity index (χ1) is 24.3. The molecular formula is C46H30N2S. The van der Waals surface area contributed by atoms with Crippen molar-refractivity contribution in [2.75, 3.05) is 0 Å². The summed E-state index contributed by atoms with van der Waals surface area (Å²) in [5.41, 5.74) is 12.4. The predicted octanol–water partition coefficient (Wildman–Crippen LogP) is 12.8. The Morgan fingerprint density at radius 3 is 1.43 bits per heavy atom. The summed E-state index contributed by atoms with van der Waals surface area (Å²) >= 11 is 1.83. The molecule has 2 aromatic heterocycles. The van der Waals surface area contributed by atoms with Gasteiger partial charge in [-0.15, -0.1) is 11.3 Å². The molecule has 0 unspecified atom stereocenters. The highest BCUT2D eigenvalue weighted by molar-refractivity contribution is 7.26. The Hall–Kier alpha value is -6.16. The van der Waals surface area contributed by atoms with Crippen molar-refractivity contribution in [3.8, 4) is 67.3 Å². The van der Waals surface area contributed by atoms with Crippen molar-refractivity contribution in [2.45, 2.75) is 0 Å². The molecule has 0 aliphatic rings. The lowest BCUT2D eigenvalue weighted by Gasteiger charge is -2.10. The van der Waals surface area contributed by atoms with Crippen LogP contribution in [-0.2, 0) is 0 Å². The summed E-state index contributed by atoms with van der Waals surface area (Å²) in [6, 6.07) is 64.4. The third kappa shape index (κ3) is 5.61. The molecule has 0 atom stereocenters. The molecule has 230 valence electrons. The topological polar surface area (TPSA) is 25.8 Å². The molecule has 0 radical (unpaired) electrons. The van der Waals surface area contributed by atoms with E-state index < -0.39 is 0 Å². The van der Waals surface area contributed by atoms with Gasteiger partial charge in [-0.1, -0.05) is 170 Å². The largest absolute Gasteiger partial charge is 0.228 e. The fraction of sp³-hybridized carbons (Fsp3) is 0. The van der Waals surface area contributed by atoms with E-state index in [9.17, 15) is 0 Å². The van der Waals surface area contributed by atoms with E-state index in [1.165, 1.54) is 53.6 Å². The number of hydrogen-bond acceptors (Lipinski definition) is 3. The van der Waals surface area contributed by atoms with Crippen molar-refractivity contribution in [3.63, 3.8) is 0 Å². The highest BCUT2D eigenvalue weighted by Crippen LogP contribution is 2.42. The van der Waals surface area contributed by atoms with Gasteiger partial charge in [0.05, 0.1) is 11.4 Å². The molecule has 0 amide bonds. The van der Waals surface area contributed by atoms with Crippen LogP contribution in [0.3, 0.4) is 0 Å². The van der Waals surface area contributed by atoms with Crippen LogP contribution in [0.15, 0.2) is 182 Å². The van der Waals surface area contributed by atoms with E-state index in [1.807, 2.05) is 35.6 Å². The summed E-state index contributed by atoms with van der Waals surface area (Å²) in [7, 11) is 0. The molecular weight excluding hydrogens is 613 g/mol. The van der Waals surface area contributed by atoms with Crippen LogP contribution in [0.25, 0.3) is 87.5 Å². The van der Waals surface area contributed by atoms with E-state index >= 15 is 0 Å². The van der Waals surface area contributed by atoms with Gasteiger partial charge in [-0.05, 0) is 45.5 Å². The van der Waals surface area contributed by atoms with Gasteiger partial charge in [0, 0.05) is 36.9 Å². The van der Waals surface area contributed by atoms with Crippen molar-refractivity contribution in [1.29, 1.82) is 0 Å². The number of rotatable bonds is 6. The van der Waals surface area contributed by atoms with Crippen LogP contribution >= 0.6 is 11.3 Å². The van der Waals surface area contributed by atoms with E-state index in [4.69, 9.17) is 9.97 Å². The molecule has 2 nitrogen and oxygen atoms in total. The summed E-state index contributed by atoms with van der Waals surface area (Å²) in [4.78, 5) is 10.1. The molecule has 0 aliphatic heterocycles. The molecule has 0 fully saturated rings. The number of benzene rings is 7. The third-order valence-electron chi connectivity index (χ3n) is 9.15. The first-order valence-corrected chi connectivity index (χ1v) is 17.3. The lowest BCUT2D eigenvalue weighted by Crippen LogP contribution is -1.95. The van der Waals surface area contributed by atoms with Crippen molar-refractivity contribution in [3.05, 3.63) is 182 Å². The molecule has 3 heteroatoms. The zero-order chi connectivity index (χ0) is 32.6. The average Bonchev–Trinajstić information content (AvgIpc) is 3.57. The second kappa shape index (κ2) is 12.5. The molecule has 9 aromatic rings. The summed E-state index contributed by atoms with van der Waals surface area (Å²) in [6.45, 7) is 0. The summed E-state index contributed by atoms with van der Waals surface area (Å²) < 4.78 is 2.50. The zero-order valence-electron chi connectivity index (χ0n) is 26.6. The lowest BCUT2D eigenvalue weighted by atomic mass is 9.97. The van der Waals surface area contributed by atoms with Crippen LogP contribution in [0.5, 0.6) is 0 Å². The standard InChI is InChI=1S/C46H30N2S/c1-4-11-31(12-5-1)32-19-21-33(22-20-32)34-23-25-35(26-24-34)38-27-28-39-40-17-10-18-41(45(40)49-44(39)29-38)43-30-42(36-13-6-2-7-14-36)47-46(48-43)37-15-8-3-9-16-37/h1-30H. The predicted molar refractivity (Wildman–Crippen MR) is 208 cm³/mol. The summed E-state index contributed by atoms with van der Waals surface area (Å²) in [5.74, 6) is 0.730. The minimum Gasteiger partial charge on any atom is -0.228 e. The van der Waals surface area contributed by atoms with Gasteiger partial charge >= 0.3 is 0 Å². The van der Waals surface area contributed by atoms with Gasteiger partial charge in [-0.3, -0.25) is 0 Å². The van der Waals surface area contributed by atoms with Gasteiger partial charge in [0.25, 0.3) is 0 Å². The highest BCUT2D eigenvalue weighted by Gasteiger charge is 2.16. The fourth-order valence-corrected chi connectivity index (χ4v) is 7.84. The second-order valence-electron chi connectivity index (χ2n) is 12.2. The molecule has 2 heterocycles. The number of nitrogens with zero attached hydrogens (tertiary/aromatic N) is 2. The second-order valence-corrected chi connectivity index (χ2v) is 13.3. The SMILES string of the molecule is c1ccc(-c2ccc(-c3ccc(-c4ccc5c(c4)sc4c(-c6cc(-c7ccccc7)nc(-c7ccccc7)n6)cccc45)cc3)cc2)cc1. The smallest absolute Gasteiger partial charge is 0.160 e. The van der Waals surface area contributed by atoms with Gasteiger partial charge in [0.1, 0.15) is 0 Å². The Labute approximate surface area is 289 Å². The Balaban J connectivity index is 1.08. The van der Waals surface area contributed by atoms with Gasteiger partial charge in [-0.25, -0.2) is 9.97 Å². The van der Waals surface area contributed by atoms with Crippen LogP contribution in [-0.4, -0.2) is 9.97 Å². The molecule has 7 aromatic carbocycles. The van der Waals surface area contributed by atoms with Crippen LogP contribution < -0.4 is 0 Å². The molecule has 0 N–H and O–H groups in total. The van der Waals surface area contributed by atoms with Gasteiger partial charge in [-0.2, -0.15) is 0 Å². The van der Waals surface area contributed by atoms with Crippen molar-refractivity contribution in [1.82, 2.24) is 9.97 Å². The first kappa shape index (κ1) is 29.0. The van der Waals surface area contributed by atoms with E-state index in [2.05, 4.69) is 158 Å². The van der Waals surface area contributed by atoms with Crippen molar-refractivity contribution >= 4 is 31.5 Å². The maximum absolute atomic E-state index is 5.13. The Kier molecular flexibility index (Phi) is 7.38. The van der Waals surface area contributed by atoms with Gasteiger partial charge in [0.15, 0.2) is 5.82 Å². The number of thiophene rings is 1. The Bertz CT molecular complexity index is 2500. The Morgan fingerprint density at radius 1 is 0.327 bits per heavy atom. The number of aromatic nitrogens is 2. The van der Waals surface area contributed by atoms with Gasteiger partial charge < -0.3 is 0 Å². The number of fused-ring (bicyclic) bond motifs is 3. The number of hydrogen-bond donors (Lipinski definition) is 0. The molecule has 49 heavy (non-hydrogen) atoms. The minimum absolute atomic E-state index is 0.730. The van der Waals surface area contributed by atoms with E-state index in [0.717, 1.165) is 33.9 Å². The molecule has 9 rings (SSSR count). The van der Waals surface area contributed by atoms with Crippen LogP contribution in [0.4, 0.5) is 0 Å².